The molecule has 3 rings (SSSR count). The Kier molecular flexibility index (Phi) is 4.18. The van der Waals surface area contributed by atoms with Gasteiger partial charge in [0.2, 0.25) is 0 Å². The minimum Gasteiger partial charge on any atom is -0.508 e. The number of aryl methyl sites for hydroxylation is 1. The van der Waals surface area contributed by atoms with Crippen LogP contribution >= 0.6 is 11.3 Å². The van der Waals surface area contributed by atoms with Crippen molar-refractivity contribution in [1.29, 1.82) is 0 Å². The van der Waals surface area contributed by atoms with Crippen LogP contribution in [0.4, 0.5) is 5.82 Å². The zero-order valence-corrected chi connectivity index (χ0v) is 14.0. The van der Waals surface area contributed by atoms with E-state index >= 15 is 0 Å². The van der Waals surface area contributed by atoms with Gasteiger partial charge >= 0.3 is 0 Å². The average molecular weight is 315 g/mol. The highest BCUT2D eigenvalue weighted by molar-refractivity contribution is 7.26. The van der Waals surface area contributed by atoms with Gasteiger partial charge in [-0.15, -0.1) is 11.3 Å². The Morgan fingerprint density at radius 3 is 2.91 bits per heavy atom. The second kappa shape index (κ2) is 6.10. The van der Waals surface area contributed by atoms with Gasteiger partial charge in [0.15, 0.2) is 0 Å². The van der Waals surface area contributed by atoms with Gasteiger partial charge in [0, 0.05) is 32.9 Å². The number of aromatic hydroxyl groups is 1. The van der Waals surface area contributed by atoms with Gasteiger partial charge in [0.25, 0.3) is 0 Å². The van der Waals surface area contributed by atoms with E-state index in [1.165, 1.54) is 15.0 Å². The molecule has 0 amide bonds. The first kappa shape index (κ1) is 15.1. The zero-order chi connectivity index (χ0) is 15.7. The van der Waals surface area contributed by atoms with Crippen molar-refractivity contribution in [2.75, 3.05) is 32.5 Å². The molecule has 3 aromatic rings. The number of anilines is 1. The summed E-state index contributed by atoms with van der Waals surface area (Å²) in [6, 6.07) is 5.55. The van der Waals surface area contributed by atoms with Crippen LogP contribution in [0.5, 0.6) is 5.75 Å². The van der Waals surface area contributed by atoms with E-state index in [2.05, 4.69) is 36.2 Å². The molecule has 5 heteroatoms. The van der Waals surface area contributed by atoms with Crippen molar-refractivity contribution in [1.82, 2.24) is 9.88 Å². The molecular formula is C17H21N3OS. The molecule has 4 nitrogen and oxygen atoms in total. The van der Waals surface area contributed by atoms with Gasteiger partial charge in [-0.05, 0) is 57.7 Å². The number of hydrogen-bond donors (Lipinski definition) is 2. The molecule has 2 N–H and O–H groups in total. The predicted molar refractivity (Wildman–Crippen MR) is 95.2 cm³/mol. The Labute approximate surface area is 134 Å². The molecule has 2 heterocycles. The zero-order valence-electron chi connectivity index (χ0n) is 13.2. The molecule has 116 valence electrons. The van der Waals surface area contributed by atoms with E-state index in [1.807, 2.05) is 18.3 Å². The van der Waals surface area contributed by atoms with Crippen molar-refractivity contribution in [3.8, 4) is 5.75 Å². The number of benzene rings is 1. The molecule has 0 aliphatic heterocycles. The quantitative estimate of drug-likeness (QED) is 0.703. The van der Waals surface area contributed by atoms with Crippen LogP contribution < -0.4 is 5.32 Å². The number of pyridine rings is 1. The largest absolute Gasteiger partial charge is 0.508 e. The summed E-state index contributed by atoms with van der Waals surface area (Å²) < 4.78 is 2.42. The summed E-state index contributed by atoms with van der Waals surface area (Å²) in [6.07, 6.45) is 2.99. The third kappa shape index (κ3) is 2.87. The number of rotatable bonds is 5. The Bertz CT molecular complexity index is 810. The number of aromatic nitrogens is 1. The smallest absolute Gasteiger partial charge is 0.135 e. The third-order valence-corrected chi connectivity index (χ3v) is 5.03. The number of phenolic OH excluding ortho intramolecular Hbond substituents is 1. The number of nitrogens with zero attached hydrogens (tertiary/aromatic N) is 2. The highest BCUT2D eigenvalue weighted by Crippen LogP contribution is 2.40. The molecule has 22 heavy (non-hydrogen) atoms. The van der Waals surface area contributed by atoms with Gasteiger partial charge in [-0.3, -0.25) is 0 Å². The standard InChI is InChI=1S/C17H21N3OS/c1-11-10-19-17(18-7-4-8-20(2)3)15-13-9-12(21)5-6-14(13)22-16(11)15/h5-6,9-10,21H,4,7-8H2,1-3H3,(H,18,19). The first-order chi connectivity index (χ1) is 10.6. The fraction of sp³-hybridized carbons (Fsp3) is 0.353. The van der Waals surface area contributed by atoms with Gasteiger partial charge in [-0.25, -0.2) is 4.98 Å². The summed E-state index contributed by atoms with van der Waals surface area (Å²) in [7, 11) is 4.16. The summed E-state index contributed by atoms with van der Waals surface area (Å²) in [5.74, 6) is 1.21. The second-order valence-electron chi connectivity index (χ2n) is 5.86. The van der Waals surface area contributed by atoms with Crippen molar-refractivity contribution in [3.63, 3.8) is 0 Å². The van der Waals surface area contributed by atoms with Crippen LogP contribution in [0.25, 0.3) is 20.2 Å². The van der Waals surface area contributed by atoms with E-state index in [9.17, 15) is 5.11 Å². The summed E-state index contributed by atoms with van der Waals surface area (Å²) in [4.78, 5) is 6.75. The van der Waals surface area contributed by atoms with E-state index < -0.39 is 0 Å². The molecule has 1 aromatic carbocycles. The van der Waals surface area contributed by atoms with Gasteiger partial charge in [-0.2, -0.15) is 0 Å². The maximum atomic E-state index is 9.80. The summed E-state index contributed by atoms with van der Waals surface area (Å²) >= 11 is 1.76. The number of thiophene rings is 1. The van der Waals surface area contributed by atoms with Crippen molar-refractivity contribution >= 4 is 37.3 Å². The van der Waals surface area contributed by atoms with E-state index in [1.54, 1.807) is 17.4 Å². The highest BCUT2D eigenvalue weighted by atomic mass is 32.1. The topological polar surface area (TPSA) is 48.4 Å². The number of phenols is 1. The van der Waals surface area contributed by atoms with Gasteiger partial charge in [0.1, 0.15) is 11.6 Å². The summed E-state index contributed by atoms with van der Waals surface area (Å²) in [6.45, 7) is 4.02. The molecule has 0 unspecified atom stereocenters. The van der Waals surface area contributed by atoms with Gasteiger partial charge in [-0.1, -0.05) is 0 Å². The van der Waals surface area contributed by atoms with Crippen LogP contribution in [0.2, 0.25) is 0 Å². The lowest BCUT2D eigenvalue weighted by Crippen LogP contribution is -2.16. The molecule has 0 aliphatic rings. The molecule has 0 bridgehead atoms. The van der Waals surface area contributed by atoms with Crippen molar-refractivity contribution in [2.45, 2.75) is 13.3 Å². The lowest BCUT2D eigenvalue weighted by Gasteiger charge is -2.11. The third-order valence-electron chi connectivity index (χ3n) is 3.73. The normalized spacial score (nSPS) is 11.6. The Hall–Kier alpha value is -1.85. The van der Waals surface area contributed by atoms with E-state index in [0.29, 0.717) is 5.75 Å². The highest BCUT2D eigenvalue weighted by Gasteiger charge is 2.13. The lowest BCUT2D eigenvalue weighted by molar-refractivity contribution is 0.405. The minimum atomic E-state index is 0.298. The summed E-state index contributed by atoms with van der Waals surface area (Å²) in [5.41, 5.74) is 1.18. The molecule has 0 fully saturated rings. The molecule has 0 spiro atoms. The van der Waals surface area contributed by atoms with Crippen molar-refractivity contribution in [3.05, 3.63) is 30.0 Å². The maximum absolute atomic E-state index is 9.80. The van der Waals surface area contributed by atoms with Crippen LogP contribution in [-0.4, -0.2) is 42.2 Å². The molecule has 0 saturated carbocycles. The van der Waals surface area contributed by atoms with E-state index in [0.717, 1.165) is 36.1 Å². The van der Waals surface area contributed by atoms with Gasteiger partial charge in [0.05, 0.1) is 0 Å². The number of fused-ring (bicyclic) bond motifs is 3. The maximum Gasteiger partial charge on any atom is 0.135 e. The molecule has 0 saturated heterocycles. The second-order valence-corrected chi connectivity index (χ2v) is 6.91. The van der Waals surface area contributed by atoms with E-state index in [4.69, 9.17) is 0 Å². The number of nitrogens with one attached hydrogen (secondary N) is 1. The molecular weight excluding hydrogens is 294 g/mol. The minimum absolute atomic E-state index is 0.298. The fourth-order valence-corrected chi connectivity index (χ4v) is 3.77. The molecule has 0 radical (unpaired) electrons. The van der Waals surface area contributed by atoms with Crippen molar-refractivity contribution < 1.29 is 5.11 Å². The van der Waals surface area contributed by atoms with Crippen molar-refractivity contribution in [2.24, 2.45) is 0 Å². The van der Waals surface area contributed by atoms with Crippen LogP contribution in [0.1, 0.15) is 12.0 Å². The van der Waals surface area contributed by atoms with Crippen LogP contribution in [-0.2, 0) is 0 Å². The Morgan fingerprint density at radius 2 is 2.14 bits per heavy atom. The molecule has 0 atom stereocenters. The SMILES string of the molecule is Cc1cnc(NCCCN(C)C)c2c1sc1ccc(O)cc12. The van der Waals surface area contributed by atoms with Gasteiger partial charge < -0.3 is 15.3 Å². The monoisotopic (exact) mass is 315 g/mol. The predicted octanol–water partition coefficient (Wildman–Crippen LogP) is 3.83. The Morgan fingerprint density at radius 1 is 1.32 bits per heavy atom. The summed E-state index contributed by atoms with van der Waals surface area (Å²) in [5, 5.41) is 15.5. The first-order valence-corrected chi connectivity index (χ1v) is 8.27. The van der Waals surface area contributed by atoms with Crippen LogP contribution in [0.3, 0.4) is 0 Å². The van der Waals surface area contributed by atoms with Crippen LogP contribution in [0, 0.1) is 6.92 Å². The fourth-order valence-electron chi connectivity index (χ4n) is 2.62. The lowest BCUT2D eigenvalue weighted by atomic mass is 10.1. The Balaban J connectivity index is 2.00. The number of hydrogen-bond acceptors (Lipinski definition) is 5. The molecule has 2 aromatic heterocycles. The first-order valence-electron chi connectivity index (χ1n) is 7.45. The molecule has 0 aliphatic carbocycles. The average Bonchev–Trinajstić information content (AvgIpc) is 2.85. The van der Waals surface area contributed by atoms with Crippen LogP contribution in [0.15, 0.2) is 24.4 Å². The van der Waals surface area contributed by atoms with E-state index in [-0.39, 0.29) is 0 Å².